The predicted octanol–water partition coefficient (Wildman–Crippen LogP) is 0.878. The van der Waals surface area contributed by atoms with E-state index >= 15 is 0 Å². The summed E-state index contributed by atoms with van der Waals surface area (Å²) in [7, 11) is 0. The van der Waals surface area contributed by atoms with Crippen molar-refractivity contribution in [2.75, 3.05) is 19.8 Å². The molecule has 0 aliphatic rings. The lowest BCUT2D eigenvalue weighted by molar-refractivity contribution is -0.165. The Bertz CT molecular complexity index is 352. The first-order chi connectivity index (χ1) is 8.17. The van der Waals surface area contributed by atoms with Crippen molar-refractivity contribution in [3.05, 3.63) is 0 Å². The highest BCUT2D eigenvalue weighted by atomic mass is 79.9. The van der Waals surface area contributed by atoms with Gasteiger partial charge in [-0.1, -0.05) is 21.9 Å². The number of aliphatic hydroxyl groups excluding tert-OH is 1. The average Bonchev–Trinajstić information content (AvgIpc) is 2.31. The van der Waals surface area contributed by atoms with Crippen LogP contribution in [0, 0.1) is 17.8 Å². The zero-order valence-corrected chi connectivity index (χ0v) is 12.2. The van der Waals surface area contributed by atoms with Crippen molar-refractivity contribution in [3.8, 4) is 12.3 Å². The van der Waals surface area contributed by atoms with E-state index in [9.17, 15) is 14.7 Å². The molecule has 0 fully saturated rings. The molecule has 5 nitrogen and oxygen atoms in total. The molecule has 0 heterocycles. The molecule has 1 atom stereocenters. The Labute approximate surface area is 115 Å². The Morgan fingerprint density at radius 2 is 1.83 bits per heavy atom. The third-order valence-corrected chi connectivity index (χ3v) is 2.46. The summed E-state index contributed by atoms with van der Waals surface area (Å²) in [4.78, 5) is 23.2. The van der Waals surface area contributed by atoms with Crippen LogP contribution in [0.3, 0.4) is 0 Å². The largest absolute Gasteiger partial charge is 0.463 e. The summed E-state index contributed by atoms with van der Waals surface area (Å²) in [6.07, 6.45) is 4.96. The van der Waals surface area contributed by atoms with Gasteiger partial charge in [0.2, 0.25) is 0 Å². The van der Waals surface area contributed by atoms with Crippen molar-refractivity contribution >= 4 is 27.9 Å². The van der Waals surface area contributed by atoms with E-state index in [0.29, 0.717) is 0 Å². The van der Waals surface area contributed by atoms with Gasteiger partial charge in [0.25, 0.3) is 0 Å². The Kier molecular flexibility index (Phi) is 6.36. The molecule has 1 N–H and O–H groups in total. The first kappa shape index (κ1) is 16.9. The van der Waals surface area contributed by atoms with Crippen molar-refractivity contribution in [1.29, 1.82) is 0 Å². The average molecular weight is 321 g/mol. The maximum atomic E-state index is 11.6. The van der Waals surface area contributed by atoms with E-state index in [2.05, 4.69) is 21.9 Å². The fraction of sp³-hybridized carbons (Fsp3) is 0.667. The van der Waals surface area contributed by atoms with Gasteiger partial charge < -0.3 is 14.6 Å². The highest BCUT2D eigenvalue weighted by Gasteiger charge is 2.37. The summed E-state index contributed by atoms with van der Waals surface area (Å²) in [5, 5.41) is 9.22. The SMILES string of the molecule is C#CCOC(=O)C(C)(CO)COC(=O)C(C)(C)Br. The fourth-order valence-electron chi connectivity index (χ4n) is 0.847. The van der Waals surface area contributed by atoms with E-state index < -0.39 is 28.3 Å². The van der Waals surface area contributed by atoms with Crippen LogP contribution in [-0.2, 0) is 19.1 Å². The highest BCUT2D eigenvalue weighted by molar-refractivity contribution is 9.10. The van der Waals surface area contributed by atoms with Crippen molar-refractivity contribution in [3.63, 3.8) is 0 Å². The normalized spacial score (nSPS) is 14.2. The quantitative estimate of drug-likeness (QED) is 0.447. The van der Waals surface area contributed by atoms with Gasteiger partial charge >= 0.3 is 11.9 Å². The van der Waals surface area contributed by atoms with E-state index in [1.54, 1.807) is 13.8 Å². The number of terminal acetylenes is 1. The van der Waals surface area contributed by atoms with Gasteiger partial charge in [0, 0.05) is 0 Å². The van der Waals surface area contributed by atoms with Gasteiger partial charge in [0.05, 0.1) is 6.61 Å². The number of aliphatic hydroxyl groups is 1. The maximum absolute atomic E-state index is 11.6. The van der Waals surface area contributed by atoms with Crippen LogP contribution < -0.4 is 0 Å². The topological polar surface area (TPSA) is 72.8 Å². The van der Waals surface area contributed by atoms with E-state index in [4.69, 9.17) is 15.9 Å². The van der Waals surface area contributed by atoms with E-state index in [1.165, 1.54) is 6.92 Å². The molecule has 0 bridgehead atoms. The molecule has 102 valence electrons. The Hall–Kier alpha value is -1.06. The van der Waals surface area contributed by atoms with Crippen LogP contribution in [0.25, 0.3) is 0 Å². The van der Waals surface area contributed by atoms with Gasteiger partial charge in [-0.2, -0.15) is 0 Å². The molecule has 0 aromatic rings. The van der Waals surface area contributed by atoms with Crippen molar-refractivity contribution < 1.29 is 24.2 Å². The zero-order chi connectivity index (χ0) is 14.4. The number of rotatable bonds is 6. The lowest BCUT2D eigenvalue weighted by Crippen LogP contribution is -2.40. The van der Waals surface area contributed by atoms with Crippen LogP contribution in [0.5, 0.6) is 0 Å². The first-order valence-corrected chi connectivity index (χ1v) is 6.04. The first-order valence-electron chi connectivity index (χ1n) is 5.25. The van der Waals surface area contributed by atoms with Crippen LogP contribution in [0.2, 0.25) is 0 Å². The molecule has 18 heavy (non-hydrogen) atoms. The molecule has 0 spiro atoms. The molecule has 6 heteroatoms. The van der Waals surface area contributed by atoms with Gasteiger partial charge in [-0.05, 0) is 20.8 Å². The molecular formula is C12H17BrO5. The van der Waals surface area contributed by atoms with Crippen LogP contribution >= 0.6 is 15.9 Å². The van der Waals surface area contributed by atoms with Gasteiger partial charge in [-0.15, -0.1) is 6.42 Å². The molecule has 0 saturated heterocycles. The van der Waals surface area contributed by atoms with E-state index in [0.717, 1.165) is 0 Å². The van der Waals surface area contributed by atoms with Crippen LogP contribution in [0.15, 0.2) is 0 Å². The van der Waals surface area contributed by atoms with E-state index in [-0.39, 0.29) is 13.2 Å². The van der Waals surface area contributed by atoms with Crippen molar-refractivity contribution in [2.24, 2.45) is 5.41 Å². The number of alkyl halides is 1. The van der Waals surface area contributed by atoms with Gasteiger partial charge in [0.1, 0.15) is 16.3 Å². The molecule has 0 aliphatic carbocycles. The van der Waals surface area contributed by atoms with Crippen LogP contribution in [-0.4, -0.2) is 41.2 Å². The molecular weight excluding hydrogens is 304 g/mol. The molecule has 0 rings (SSSR count). The molecule has 0 aliphatic heterocycles. The third kappa shape index (κ3) is 5.07. The smallest absolute Gasteiger partial charge is 0.322 e. The molecule has 0 saturated carbocycles. The van der Waals surface area contributed by atoms with Gasteiger partial charge in [0.15, 0.2) is 6.61 Å². The molecule has 1 unspecified atom stereocenters. The van der Waals surface area contributed by atoms with Crippen LogP contribution in [0.4, 0.5) is 0 Å². The molecule has 0 amide bonds. The number of esters is 2. The second-order valence-electron chi connectivity index (χ2n) is 4.55. The third-order valence-electron chi connectivity index (χ3n) is 2.14. The molecule has 0 aromatic carbocycles. The highest BCUT2D eigenvalue weighted by Crippen LogP contribution is 2.22. The summed E-state index contributed by atoms with van der Waals surface area (Å²) >= 11 is 3.13. The minimum Gasteiger partial charge on any atom is -0.463 e. The number of hydrogen-bond acceptors (Lipinski definition) is 5. The summed E-state index contributed by atoms with van der Waals surface area (Å²) in [5.41, 5.74) is -1.31. The number of carbonyl (C=O) groups excluding carboxylic acids is 2. The van der Waals surface area contributed by atoms with Gasteiger partial charge in [-0.25, -0.2) is 0 Å². The fourth-order valence-corrected chi connectivity index (χ4v) is 0.961. The number of hydrogen-bond donors (Lipinski definition) is 1. The zero-order valence-electron chi connectivity index (χ0n) is 10.7. The maximum Gasteiger partial charge on any atom is 0.322 e. The van der Waals surface area contributed by atoms with E-state index in [1.807, 2.05) is 0 Å². The number of halogens is 1. The number of ether oxygens (including phenoxy) is 2. The van der Waals surface area contributed by atoms with Crippen molar-refractivity contribution in [1.82, 2.24) is 0 Å². The summed E-state index contributed by atoms with van der Waals surface area (Å²) < 4.78 is 8.84. The van der Waals surface area contributed by atoms with Gasteiger partial charge in [-0.3, -0.25) is 9.59 Å². The standard InChI is InChI=1S/C12H17BrO5/c1-5-6-17-10(16)12(4,7-14)8-18-9(15)11(2,3)13/h1,14H,6-8H2,2-4H3. The predicted molar refractivity (Wildman–Crippen MR) is 68.9 cm³/mol. The van der Waals surface area contributed by atoms with Crippen LogP contribution in [0.1, 0.15) is 20.8 Å². The summed E-state index contributed by atoms with van der Waals surface area (Å²) in [6.45, 7) is 3.68. The second kappa shape index (κ2) is 6.76. The minimum absolute atomic E-state index is 0.188. The Balaban J connectivity index is 4.55. The minimum atomic E-state index is -1.31. The number of carbonyl (C=O) groups is 2. The molecule has 0 radical (unpaired) electrons. The monoisotopic (exact) mass is 320 g/mol. The Morgan fingerprint density at radius 1 is 1.28 bits per heavy atom. The summed E-state index contributed by atoms with van der Waals surface area (Å²) in [5.74, 6) is 0.903. The molecule has 0 aromatic heterocycles. The van der Waals surface area contributed by atoms with Crippen molar-refractivity contribution in [2.45, 2.75) is 25.1 Å². The lowest BCUT2D eigenvalue weighted by atomic mass is 9.93. The second-order valence-corrected chi connectivity index (χ2v) is 6.53. The Morgan fingerprint density at radius 3 is 2.22 bits per heavy atom. The lowest BCUT2D eigenvalue weighted by Gasteiger charge is -2.25. The summed E-state index contributed by atoms with van der Waals surface area (Å²) in [6, 6.07) is 0.